The Morgan fingerprint density at radius 1 is 1.52 bits per heavy atom. The van der Waals surface area contributed by atoms with Gasteiger partial charge in [-0.1, -0.05) is 17.3 Å². The summed E-state index contributed by atoms with van der Waals surface area (Å²) in [5, 5.41) is 27.9. The summed E-state index contributed by atoms with van der Waals surface area (Å²) in [7, 11) is 1.26. The quantitative estimate of drug-likeness (QED) is 0.110. The van der Waals surface area contributed by atoms with Gasteiger partial charge in [-0.2, -0.15) is 0 Å². The Morgan fingerprint density at radius 3 is 2.84 bits per heavy atom. The van der Waals surface area contributed by atoms with Gasteiger partial charge in [0.05, 0.1) is 18.3 Å². The van der Waals surface area contributed by atoms with E-state index in [1.165, 1.54) is 30.3 Å². The average molecular weight is 475 g/mol. The maximum atomic E-state index is 12.7. The molecular formula is C17H18N5NaO6S2. The number of nitrogen functional groups attached to an aromatic ring is 1. The summed E-state index contributed by atoms with van der Waals surface area (Å²) in [6.45, 7) is -0.170. The summed E-state index contributed by atoms with van der Waals surface area (Å²) in [5.41, 5.74) is 5.94. The smallest absolute Gasteiger partial charge is 0.543 e. The van der Waals surface area contributed by atoms with E-state index in [0.29, 0.717) is 11.3 Å². The SMILES string of the molecule is CO/N=C(\C(=O)N[C@@H]1C(=O)N2C(C(=O)[O-])=C(C/C=C/CO)CS[C@H]12)c1csc(N)n1.[Na+]. The molecule has 0 bridgehead atoms. The van der Waals surface area contributed by atoms with Crippen molar-refractivity contribution in [3.05, 3.63) is 34.5 Å². The zero-order valence-corrected chi connectivity index (χ0v) is 20.4. The predicted molar refractivity (Wildman–Crippen MR) is 108 cm³/mol. The fourth-order valence-electron chi connectivity index (χ4n) is 3.03. The van der Waals surface area contributed by atoms with Crippen LogP contribution in [0.5, 0.6) is 0 Å². The van der Waals surface area contributed by atoms with E-state index in [1.807, 2.05) is 0 Å². The van der Waals surface area contributed by atoms with Crippen LogP contribution in [0, 0.1) is 0 Å². The number of rotatable bonds is 8. The van der Waals surface area contributed by atoms with E-state index in [-0.39, 0.29) is 64.8 Å². The Balaban J connectivity index is 0.00000341. The summed E-state index contributed by atoms with van der Waals surface area (Å²) in [5.74, 6) is -2.40. The zero-order chi connectivity index (χ0) is 21.8. The normalized spacial score (nSPS) is 20.8. The van der Waals surface area contributed by atoms with Gasteiger partial charge in [-0.15, -0.1) is 23.1 Å². The van der Waals surface area contributed by atoms with E-state index in [1.54, 1.807) is 6.08 Å². The molecular weight excluding hydrogens is 457 g/mol. The van der Waals surface area contributed by atoms with Gasteiger partial charge < -0.3 is 30.9 Å². The summed E-state index contributed by atoms with van der Waals surface area (Å²) < 4.78 is 0. The number of anilines is 1. The Morgan fingerprint density at radius 2 is 2.26 bits per heavy atom. The van der Waals surface area contributed by atoms with Crippen LogP contribution in [0.2, 0.25) is 0 Å². The fourth-order valence-corrected chi connectivity index (χ4v) is 4.94. The second-order valence-corrected chi connectivity index (χ2v) is 8.15. The van der Waals surface area contributed by atoms with E-state index >= 15 is 0 Å². The first-order valence-corrected chi connectivity index (χ1v) is 10.6. The average Bonchev–Trinajstić information content (AvgIpc) is 3.15. The van der Waals surface area contributed by atoms with Crippen molar-refractivity contribution in [3.8, 4) is 0 Å². The molecule has 1 saturated heterocycles. The second-order valence-electron chi connectivity index (χ2n) is 6.15. The maximum absolute atomic E-state index is 12.7. The Kier molecular flexibility index (Phi) is 9.09. The largest absolute Gasteiger partial charge is 1.00 e. The number of thioether (sulfide) groups is 1. The van der Waals surface area contributed by atoms with Crippen LogP contribution in [-0.2, 0) is 19.2 Å². The number of aliphatic carboxylic acids is 1. The van der Waals surface area contributed by atoms with Crippen molar-refractivity contribution in [1.29, 1.82) is 0 Å². The molecule has 1 fully saturated rings. The molecule has 160 valence electrons. The number of thiazole rings is 1. The summed E-state index contributed by atoms with van der Waals surface area (Å²) >= 11 is 2.44. The van der Waals surface area contributed by atoms with Gasteiger partial charge >= 0.3 is 29.6 Å². The minimum atomic E-state index is -1.47. The number of nitrogens with two attached hydrogens (primary N) is 1. The first-order valence-electron chi connectivity index (χ1n) is 8.66. The van der Waals surface area contributed by atoms with Gasteiger partial charge in [0.15, 0.2) is 10.8 Å². The number of carboxylic acids is 1. The monoisotopic (exact) mass is 475 g/mol. The molecule has 11 nitrogen and oxygen atoms in total. The first-order chi connectivity index (χ1) is 14.4. The number of aliphatic hydroxyl groups excluding tert-OH is 1. The maximum Gasteiger partial charge on any atom is 1.00 e. The number of amides is 2. The summed E-state index contributed by atoms with van der Waals surface area (Å²) in [4.78, 5) is 46.8. The van der Waals surface area contributed by atoms with Crippen molar-refractivity contribution in [3.63, 3.8) is 0 Å². The molecule has 14 heteroatoms. The fraction of sp³-hybridized carbons (Fsp3) is 0.353. The van der Waals surface area contributed by atoms with Crippen LogP contribution in [0.15, 0.2) is 34.0 Å². The number of hydrogen-bond acceptors (Lipinski definition) is 11. The molecule has 0 spiro atoms. The standard InChI is InChI=1S/C17H19N5O6S2.Na/c1-28-21-10(9-7-30-17(18)19-9)13(24)20-11-14(25)22-12(16(26)27)8(4-2-3-5-23)6-29-15(11)22;/h2-3,7,11,15,23H,4-6H2,1H3,(H2,18,19)(H,20,24)(H,26,27);/q;+1/p-1/b3-2+,21-10-;/t11-,15-;/m1./s1. The topological polar surface area (TPSA) is 170 Å². The van der Waals surface area contributed by atoms with E-state index in [4.69, 9.17) is 15.7 Å². The number of nitrogens with one attached hydrogen (secondary N) is 1. The zero-order valence-electron chi connectivity index (χ0n) is 16.7. The molecule has 3 rings (SSSR count). The molecule has 2 aliphatic heterocycles. The Hall–Kier alpha value is -1.90. The van der Waals surface area contributed by atoms with Crippen LogP contribution in [0.25, 0.3) is 0 Å². The molecule has 0 saturated carbocycles. The van der Waals surface area contributed by atoms with Crippen LogP contribution in [0.3, 0.4) is 0 Å². The third-order valence-electron chi connectivity index (χ3n) is 4.33. The number of β-lactam (4-membered cyclic amide) rings is 1. The number of hydrogen-bond donors (Lipinski definition) is 3. The predicted octanol–water partition coefficient (Wildman–Crippen LogP) is -4.58. The Labute approximate surface area is 207 Å². The van der Waals surface area contributed by atoms with Crippen LogP contribution >= 0.6 is 23.1 Å². The molecule has 2 atom stereocenters. The molecule has 3 heterocycles. The molecule has 0 unspecified atom stereocenters. The van der Waals surface area contributed by atoms with Crippen molar-refractivity contribution in [2.75, 3.05) is 25.2 Å². The molecule has 4 N–H and O–H groups in total. The Bertz CT molecular complexity index is 963. The minimum Gasteiger partial charge on any atom is -0.543 e. The number of aromatic nitrogens is 1. The number of oxime groups is 1. The summed E-state index contributed by atoms with van der Waals surface area (Å²) in [6, 6.07) is -0.940. The van der Waals surface area contributed by atoms with Gasteiger partial charge in [-0.25, -0.2) is 4.98 Å². The number of aliphatic hydroxyl groups is 1. The van der Waals surface area contributed by atoms with Gasteiger partial charge in [0.25, 0.3) is 11.8 Å². The van der Waals surface area contributed by atoms with Gasteiger partial charge in [-0.05, 0) is 12.0 Å². The molecule has 2 aliphatic rings. The van der Waals surface area contributed by atoms with Crippen LogP contribution in [0.1, 0.15) is 12.1 Å². The van der Waals surface area contributed by atoms with Crippen molar-refractivity contribution in [2.24, 2.45) is 5.16 Å². The van der Waals surface area contributed by atoms with Gasteiger partial charge in [0, 0.05) is 11.1 Å². The number of carbonyl (C=O) groups excluding carboxylic acids is 3. The van der Waals surface area contributed by atoms with E-state index < -0.39 is 29.2 Å². The first kappa shape index (κ1) is 25.4. The molecule has 31 heavy (non-hydrogen) atoms. The molecule has 2 amide bonds. The molecule has 0 aromatic carbocycles. The number of allylic oxidation sites excluding steroid dienone is 1. The van der Waals surface area contributed by atoms with Crippen molar-refractivity contribution in [1.82, 2.24) is 15.2 Å². The molecule has 1 aromatic heterocycles. The second kappa shape index (κ2) is 11.1. The van der Waals surface area contributed by atoms with Crippen LogP contribution in [0.4, 0.5) is 5.13 Å². The molecule has 0 aliphatic carbocycles. The minimum absolute atomic E-state index is 0. The van der Waals surface area contributed by atoms with E-state index in [2.05, 4.69) is 15.5 Å². The van der Waals surface area contributed by atoms with E-state index in [9.17, 15) is 19.5 Å². The van der Waals surface area contributed by atoms with Gasteiger partial charge in [-0.3, -0.25) is 14.5 Å². The summed E-state index contributed by atoms with van der Waals surface area (Å²) in [6.07, 6.45) is 3.37. The third kappa shape index (κ3) is 5.30. The number of carbonyl (C=O) groups is 3. The van der Waals surface area contributed by atoms with Crippen LogP contribution < -0.4 is 45.7 Å². The van der Waals surface area contributed by atoms with E-state index in [0.717, 1.165) is 16.2 Å². The van der Waals surface area contributed by atoms with Crippen molar-refractivity contribution in [2.45, 2.75) is 17.8 Å². The van der Waals surface area contributed by atoms with Gasteiger partial charge in [0.2, 0.25) is 0 Å². The molecule has 0 radical (unpaired) electrons. The number of fused-ring (bicyclic) bond motifs is 1. The van der Waals surface area contributed by atoms with Crippen LogP contribution in [-0.4, -0.2) is 69.4 Å². The molecule has 1 aromatic rings. The number of carboxylic acid groups (broad SMARTS) is 1. The van der Waals surface area contributed by atoms with Crippen molar-refractivity contribution < 1.29 is 59.0 Å². The third-order valence-corrected chi connectivity index (χ3v) is 6.34. The number of nitrogens with zero attached hydrogens (tertiary/aromatic N) is 3. The van der Waals surface area contributed by atoms with Gasteiger partial charge in [0.1, 0.15) is 24.2 Å². The van der Waals surface area contributed by atoms with Crippen molar-refractivity contribution >= 4 is 51.7 Å².